The lowest BCUT2D eigenvalue weighted by Gasteiger charge is -2.39. The van der Waals surface area contributed by atoms with Crippen LogP contribution in [0.3, 0.4) is 0 Å². The highest BCUT2D eigenvalue weighted by molar-refractivity contribution is 7.18. The monoisotopic (exact) mass is 454 g/mol. The molecule has 6 heteroatoms. The fourth-order valence-electron chi connectivity index (χ4n) is 5.95. The van der Waals surface area contributed by atoms with E-state index in [9.17, 15) is 0 Å². The molecular weight excluding hydrogens is 428 g/mol. The maximum Gasteiger partial charge on any atom is 0.203 e. The van der Waals surface area contributed by atoms with Gasteiger partial charge in [-0.15, -0.1) is 10.2 Å². The van der Waals surface area contributed by atoms with Gasteiger partial charge in [-0.25, -0.2) is 0 Å². The van der Waals surface area contributed by atoms with Gasteiger partial charge < -0.3 is 10.5 Å². The Morgan fingerprint density at radius 1 is 0.939 bits per heavy atom. The second kappa shape index (κ2) is 8.27. The average Bonchev–Trinajstić information content (AvgIpc) is 3.61. The molecule has 2 aromatic carbocycles. The van der Waals surface area contributed by atoms with Crippen molar-refractivity contribution in [1.29, 1.82) is 0 Å². The Morgan fingerprint density at radius 3 is 2.33 bits per heavy atom. The summed E-state index contributed by atoms with van der Waals surface area (Å²) in [5.74, 6) is 2.38. The average molecular weight is 455 g/mol. The van der Waals surface area contributed by atoms with E-state index in [4.69, 9.17) is 10.5 Å². The first kappa shape index (κ1) is 20.4. The van der Waals surface area contributed by atoms with E-state index in [1.54, 1.807) is 6.20 Å². The maximum atomic E-state index is 5.99. The summed E-state index contributed by atoms with van der Waals surface area (Å²) < 4.78 is 5.99. The molecule has 2 aliphatic carbocycles. The number of fused-ring (bicyclic) bond motifs is 2. The van der Waals surface area contributed by atoms with Gasteiger partial charge in [-0.3, -0.25) is 4.98 Å². The molecule has 2 bridgehead atoms. The van der Waals surface area contributed by atoms with Crippen LogP contribution in [0.1, 0.15) is 42.5 Å². The summed E-state index contributed by atoms with van der Waals surface area (Å²) in [6.45, 7) is 0.480. The maximum absolute atomic E-state index is 5.99. The van der Waals surface area contributed by atoms with Crippen molar-refractivity contribution in [3.8, 4) is 16.3 Å². The van der Waals surface area contributed by atoms with Crippen LogP contribution < -0.4 is 10.5 Å². The summed E-state index contributed by atoms with van der Waals surface area (Å²) in [6.07, 6.45) is 7.01. The number of hydrogen-bond donors (Lipinski definition) is 1. The number of hydrogen-bond acceptors (Lipinski definition) is 6. The standard InChI is InChI=1S/C27H26N4OS/c28-26-31-30-25(33-26)19-5-8-20(9-6-19)27(16-18-4-7-22(27)15-18)21-10-12-24(13-11-21)32-17-23-3-1-2-14-29-23/h1-3,5-6,8-14,18,22H,4,7,15-17H2,(H2,28,31). The summed E-state index contributed by atoms with van der Waals surface area (Å²) in [5.41, 5.74) is 10.7. The van der Waals surface area contributed by atoms with Crippen LogP contribution in [0, 0.1) is 11.8 Å². The van der Waals surface area contributed by atoms with Gasteiger partial charge in [0.05, 0.1) is 5.69 Å². The van der Waals surface area contributed by atoms with E-state index >= 15 is 0 Å². The van der Waals surface area contributed by atoms with E-state index in [1.807, 2.05) is 18.2 Å². The van der Waals surface area contributed by atoms with Gasteiger partial charge in [0.25, 0.3) is 0 Å². The molecule has 3 unspecified atom stereocenters. The molecule has 2 fully saturated rings. The van der Waals surface area contributed by atoms with Crippen molar-refractivity contribution in [3.05, 3.63) is 89.7 Å². The Hall–Kier alpha value is -3.25. The number of pyridine rings is 1. The van der Waals surface area contributed by atoms with E-state index in [0.717, 1.165) is 27.9 Å². The van der Waals surface area contributed by atoms with Gasteiger partial charge in [0.1, 0.15) is 17.4 Å². The zero-order valence-corrected chi connectivity index (χ0v) is 19.2. The zero-order valence-electron chi connectivity index (χ0n) is 18.4. The Labute approximate surface area is 197 Å². The number of benzene rings is 2. The molecule has 5 nitrogen and oxygen atoms in total. The van der Waals surface area contributed by atoms with Crippen molar-refractivity contribution in [3.63, 3.8) is 0 Å². The minimum Gasteiger partial charge on any atom is -0.487 e. The molecular formula is C27H26N4OS. The van der Waals surface area contributed by atoms with Crippen molar-refractivity contribution >= 4 is 16.5 Å². The first-order valence-corrected chi connectivity index (χ1v) is 12.4. The highest BCUT2D eigenvalue weighted by atomic mass is 32.1. The summed E-state index contributed by atoms with van der Waals surface area (Å²) in [5, 5.41) is 9.53. The van der Waals surface area contributed by atoms with Crippen molar-refractivity contribution in [1.82, 2.24) is 15.2 Å². The molecule has 3 atom stereocenters. The third-order valence-corrected chi connectivity index (χ3v) is 8.22. The number of anilines is 1. The van der Waals surface area contributed by atoms with Crippen LogP contribution in [0.2, 0.25) is 0 Å². The second-order valence-corrected chi connectivity index (χ2v) is 10.2. The lowest BCUT2D eigenvalue weighted by molar-refractivity contribution is 0.299. The molecule has 2 N–H and O–H groups in total. The highest BCUT2D eigenvalue weighted by Crippen LogP contribution is 2.60. The van der Waals surface area contributed by atoms with Crippen LogP contribution in [0.15, 0.2) is 72.9 Å². The van der Waals surface area contributed by atoms with E-state index in [0.29, 0.717) is 17.7 Å². The third kappa shape index (κ3) is 3.68. The fourth-order valence-corrected chi connectivity index (χ4v) is 6.57. The summed E-state index contributed by atoms with van der Waals surface area (Å²) in [6, 6.07) is 23.6. The van der Waals surface area contributed by atoms with E-state index in [1.165, 1.54) is 48.1 Å². The van der Waals surface area contributed by atoms with Crippen molar-refractivity contribution in [2.45, 2.75) is 37.7 Å². The van der Waals surface area contributed by atoms with Crippen LogP contribution in [-0.2, 0) is 12.0 Å². The summed E-state index contributed by atoms with van der Waals surface area (Å²) in [7, 11) is 0. The minimum atomic E-state index is 0.0706. The Balaban J connectivity index is 1.29. The molecule has 2 heterocycles. The molecule has 6 rings (SSSR count). The molecule has 166 valence electrons. The molecule has 0 aliphatic heterocycles. The lowest BCUT2D eigenvalue weighted by atomic mass is 9.64. The van der Waals surface area contributed by atoms with Crippen molar-refractivity contribution in [2.75, 3.05) is 5.73 Å². The number of rotatable bonds is 6. The van der Waals surface area contributed by atoms with E-state index in [2.05, 4.69) is 63.7 Å². The number of nitrogens with two attached hydrogens (primary N) is 1. The van der Waals surface area contributed by atoms with Crippen LogP contribution in [0.5, 0.6) is 5.75 Å². The third-order valence-electron chi connectivity index (χ3n) is 7.42. The number of nitrogen functional groups attached to an aromatic ring is 1. The van der Waals surface area contributed by atoms with Crippen molar-refractivity contribution < 1.29 is 4.74 Å². The Bertz CT molecular complexity index is 1240. The second-order valence-electron chi connectivity index (χ2n) is 9.21. The molecule has 4 aromatic rings. The normalized spacial score (nSPS) is 23.6. The van der Waals surface area contributed by atoms with Crippen LogP contribution in [0.25, 0.3) is 10.6 Å². The van der Waals surface area contributed by atoms with Gasteiger partial charge in [-0.1, -0.05) is 60.2 Å². The minimum absolute atomic E-state index is 0.0706. The smallest absolute Gasteiger partial charge is 0.203 e. The van der Waals surface area contributed by atoms with Crippen LogP contribution in [0.4, 0.5) is 5.13 Å². The molecule has 2 aromatic heterocycles. The SMILES string of the molecule is Nc1nnc(-c2ccc(C3(c4ccc(OCc5ccccn5)cc4)CC4CCC3C4)cc2)s1. The number of aromatic nitrogens is 3. The Morgan fingerprint density at radius 2 is 1.73 bits per heavy atom. The van der Waals surface area contributed by atoms with Gasteiger partial charge in [-0.2, -0.15) is 0 Å². The predicted molar refractivity (Wildman–Crippen MR) is 131 cm³/mol. The van der Waals surface area contributed by atoms with Crippen LogP contribution >= 0.6 is 11.3 Å². The molecule has 0 amide bonds. The molecule has 33 heavy (non-hydrogen) atoms. The Kier molecular flexibility index (Phi) is 5.10. The predicted octanol–water partition coefficient (Wildman–Crippen LogP) is 5.87. The quantitative estimate of drug-likeness (QED) is 0.394. The van der Waals surface area contributed by atoms with Crippen LogP contribution in [-0.4, -0.2) is 15.2 Å². The summed E-state index contributed by atoms with van der Waals surface area (Å²) in [4.78, 5) is 4.34. The highest BCUT2D eigenvalue weighted by Gasteiger charge is 2.52. The van der Waals surface area contributed by atoms with Gasteiger partial charge in [0, 0.05) is 17.2 Å². The lowest BCUT2D eigenvalue weighted by Crippen LogP contribution is -2.33. The van der Waals surface area contributed by atoms with Gasteiger partial charge in [0.15, 0.2) is 0 Å². The van der Waals surface area contributed by atoms with Gasteiger partial charge >= 0.3 is 0 Å². The molecule has 0 radical (unpaired) electrons. The van der Waals surface area contributed by atoms with Crippen molar-refractivity contribution in [2.24, 2.45) is 11.8 Å². The first-order valence-electron chi connectivity index (χ1n) is 11.5. The topological polar surface area (TPSA) is 73.9 Å². The number of ether oxygens (including phenoxy) is 1. The molecule has 2 aliphatic rings. The summed E-state index contributed by atoms with van der Waals surface area (Å²) >= 11 is 1.43. The largest absolute Gasteiger partial charge is 0.487 e. The zero-order chi connectivity index (χ0) is 22.3. The molecule has 0 saturated heterocycles. The van der Waals surface area contributed by atoms with E-state index in [-0.39, 0.29) is 5.41 Å². The molecule has 0 spiro atoms. The van der Waals surface area contributed by atoms with Gasteiger partial charge in [0.2, 0.25) is 5.13 Å². The molecule has 2 saturated carbocycles. The van der Waals surface area contributed by atoms with Gasteiger partial charge in [-0.05, 0) is 66.5 Å². The van der Waals surface area contributed by atoms with E-state index < -0.39 is 0 Å². The number of nitrogens with zero attached hydrogens (tertiary/aromatic N) is 3. The first-order chi connectivity index (χ1) is 16.2. The fraction of sp³-hybridized carbons (Fsp3) is 0.296.